The van der Waals surface area contributed by atoms with Gasteiger partial charge in [-0.15, -0.1) is 0 Å². The van der Waals surface area contributed by atoms with E-state index in [9.17, 15) is 10.1 Å². The summed E-state index contributed by atoms with van der Waals surface area (Å²) in [5, 5.41) is 11.4. The van der Waals surface area contributed by atoms with Crippen LogP contribution in [0.15, 0.2) is 18.2 Å². The Morgan fingerprint density at radius 1 is 1.50 bits per heavy atom. The first kappa shape index (κ1) is 11.0. The minimum Gasteiger partial charge on any atom is -0.372 e. The summed E-state index contributed by atoms with van der Waals surface area (Å²) in [5.74, 6) is 0. The molecule has 0 aromatic heterocycles. The predicted octanol–water partition coefficient (Wildman–Crippen LogP) is 2.56. The lowest BCUT2D eigenvalue weighted by molar-refractivity contribution is -0.384. The van der Waals surface area contributed by atoms with Gasteiger partial charge in [0.15, 0.2) is 0 Å². The fourth-order valence-corrected chi connectivity index (χ4v) is 1.71. The molecule has 0 bridgehead atoms. The van der Waals surface area contributed by atoms with Crippen molar-refractivity contribution in [3.8, 4) is 0 Å². The molecule has 1 aromatic carbocycles. The standard InChI is InChI=1S/C9H11BrN2O2/c1-11(2)8-5-3-4-7(6-10)9(8)12(13)14/h3-5H,6H2,1-2H3. The molecule has 0 aliphatic heterocycles. The first-order valence-electron chi connectivity index (χ1n) is 4.07. The van der Waals surface area contributed by atoms with Crippen LogP contribution in [0.4, 0.5) is 11.4 Å². The van der Waals surface area contributed by atoms with Crippen LogP contribution in [0.3, 0.4) is 0 Å². The van der Waals surface area contributed by atoms with Crippen LogP contribution < -0.4 is 4.90 Å². The van der Waals surface area contributed by atoms with Crippen molar-refractivity contribution in [2.24, 2.45) is 0 Å². The lowest BCUT2D eigenvalue weighted by Crippen LogP contribution is -2.11. The number of hydrogen-bond acceptors (Lipinski definition) is 3. The van der Waals surface area contributed by atoms with E-state index >= 15 is 0 Å². The van der Waals surface area contributed by atoms with Crippen LogP contribution in [0.2, 0.25) is 0 Å². The number of nitro groups is 1. The van der Waals surface area contributed by atoms with Gasteiger partial charge < -0.3 is 4.90 Å². The normalized spacial score (nSPS) is 9.93. The molecule has 0 atom stereocenters. The molecule has 1 aromatic rings. The first-order chi connectivity index (χ1) is 6.57. The molecule has 0 spiro atoms. The number of nitrogens with zero attached hydrogens (tertiary/aromatic N) is 2. The highest BCUT2D eigenvalue weighted by Crippen LogP contribution is 2.31. The summed E-state index contributed by atoms with van der Waals surface area (Å²) in [6.07, 6.45) is 0. The number of para-hydroxylation sites is 1. The van der Waals surface area contributed by atoms with E-state index in [1.807, 2.05) is 6.07 Å². The summed E-state index contributed by atoms with van der Waals surface area (Å²) in [5.41, 5.74) is 1.50. The lowest BCUT2D eigenvalue weighted by Gasteiger charge is -2.13. The second-order valence-corrected chi connectivity index (χ2v) is 3.63. The van der Waals surface area contributed by atoms with Gasteiger partial charge in [0.25, 0.3) is 5.69 Å². The number of hydrogen-bond donors (Lipinski definition) is 0. The summed E-state index contributed by atoms with van der Waals surface area (Å²) in [7, 11) is 3.58. The van der Waals surface area contributed by atoms with Gasteiger partial charge in [-0.2, -0.15) is 0 Å². The summed E-state index contributed by atoms with van der Waals surface area (Å²) in [6.45, 7) is 0. The highest BCUT2D eigenvalue weighted by atomic mass is 79.9. The van der Waals surface area contributed by atoms with E-state index in [0.29, 0.717) is 16.6 Å². The Hall–Kier alpha value is -1.10. The van der Waals surface area contributed by atoms with Gasteiger partial charge in [0, 0.05) is 25.0 Å². The summed E-state index contributed by atoms with van der Waals surface area (Å²) in [6, 6.07) is 5.31. The summed E-state index contributed by atoms with van der Waals surface area (Å²) in [4.78, 5) is 12.3. The van der Waals surface area contributed by atoms with Gasteiger partial charge in [0.05, 0.1) is 4.92 Å². The average Bonchev–Trinajstić information content (AvgIpc) is 2.16. The molecule has 0 unspecified atom stereocenters. The largest absolute Gasteiger partial charge is 0.372 e. The second-order valence-electron chi connectivity index (χ2n) is 3.07. The van der Waals surface area contributed by atoms with Gasteiger partial charge in [-0.05, 0) is 6.07 Å². The molecular weight excluding hydrogens is 248 g/mol. The maximum Gasteiger partial charge on any atom is 0.296 e. The molecule has 0 radical (unpaired) electrons. The third-order valence-electron chi connectivity index (χ3n) is 1.91. The molecule has 0 N–H and O–H groups in total. The topological polar surface area (TPSA) is 46.4 Å². The van der Waals surface area contributed by atoms with Crippen molar-refractivity contribution in [2.45, 2.75) is 5.33 Å². The molecule has 1 rings (SSSR count). The van der Waals surface area contributed by atoms with Crippen molar-refractivity contribution >= 4 is 27.3 Å². The van der Waals surface area contributed by atoms with E-state index < -0.39 is 0 Å². The average molecular weight is 259 g/mol. The maximum atomic E-state index is 10.9. The zero-order valence-corrected chi connectivity index (χ0v) is 9.61. The zero-order chi connectivity index (χ0) is 10.7. The molecule has 0 amide bonds. The van der Waals surface area contributed by atoms with E-state index in [1.54, 1.807) is 31.1 Å². The lowest BCUT2D eigenvalue weighted by atomic mass is 10.1. The summed E-state index contributed by atoms with van der Waals surface area (Å²) >= 11 is 3.24. The van der Waals surface area contributed by atoms with Crippen molar-refractivity contribution in [3.05, 3.63) is 33.9 Å². The van der Waals surface area contributed by atoms with Gasteiger partial charge in [-0.3, -0.25) is 10.1 Å². The molecule has 0 saturated heterocycles. The third kappa shape index (κ3) is 2.04. The van der Waals surface area contributed by atoms with Crippen molar-refractivity contribution in [1.29, 1.82) is 0 Å². The van der Waals surface area contributed by atoms with Crippen LogP contribution >= 0.6 is 15.9 Å². The number of rotatable bonds is 3. The van der Waals surface area contributed by atoms with E-state index in [0.717, 1.165) is 0 Å². The Kier molecular flexibility index (Phi) is 3.46. The van der Waals surface area contributed by atoms with Crippen LogP contribution in [0.1, 0.15) is 5.56 Å². The van der Waals surface area contributed by atoms with Gasteiger partial charge in [0.2, 0.25) is 0 Å². The number of halogens is 1. The molecule has 0 fully saturated rings. The predicted molar refractivity (Wildman–Crippen MR) is 60.1 cm³/mol. The molecule has 0 aliphatic rings. The van der Waals surface area contributed by atoms with Crippen molar-refractivity contribution in [1.82, 2.24) is 0 Å². The number of benzene rings is 1. The fraction of sp³-hybridized carbons (Fsp3) is 0.333. The van der Waals surface area contributed by atoms with Crippen LogP contribution in [0, 0.1) is 10.1 Å². The Morgan fingerprint density at radius 3 is 2.57 bits per heavy atom. The van der Waals surface area contributed by atoms with Crippen LogP contribution in [-0.4, -0.2) is 19.0 Å². The quantitative estimate of drug-likeness (QED) is 0.476. The number of alkyl halides is 1. The van der Waals surface area contributed by atoms with Crippen LogP contribution in [-0.2, 0) is 5.33 Å². The van der Waals surface area contributed by atoms with E-state index in [-0.39, 0.29) is 10.6 Å². The Bertz CT molecular complexity index is 353. The van der Waals surface area contributed by atoms with Gasteiger partial charge >= 0.3 is 0 Å². The molecule has 0 saturated carbocycles. The molecule has 0 aliphatic carbocycles. The molecule has 76 valence electrons. The van der Waals surface area contributed by atoms with Crippen molar-refractivity contribution in [2.75, 3.05) is 19.0 Å². The molecule has 4 nitrogen and oxygen atoms in total. The maximum absolute atomic E-state index is 10.9. The second kappa shape index (κ2) is 4.41. The zero-order valence-electron chi connectivity index (χ0n) is 8.03. The highest BCUT2D eigenvalue weighted by molar-refractivity contribution is 9.08. The molecule has 0 heterocycles. The van der Waals surface area contributed by atoms with Crippen LogP contribution in [0.5, 0.6) is 0 Å². The fourth-order valence-electron chi connectivity index (χ4n) is 1.26. The smallest absolute Gasteiger partial charge is 0.296 e. The van der Waals surface area contributed by atoms with E-state index in [2.05, 4.69) is 15.9 Å². The SMILES string of the molecule is CN(C)c1cccc(CBr)c1[N+](=O)[O-]. The monoisotopic (exact) mass is 258 g/mol. The van der Waals surface area contributed by atoms with Gasteiger partial charge in [-0.1, -0.05) is 28.1 Å². The van der Waals surface area contributed by atoms with E-state index in [4.69, 9.17) is 0 Å². The van der Waals surface area contributed by atoms with Crippen molar-refractivity contribution < 1.29 is 4.92 Å². The Morgan fingerprint density at radius 2 is 2.14 bits per heavy atom. The molecule has 5 heteroatoms. The number of nitro benzene ring substituents is 1. The van der Waals surface area contributed by atoms with E-state index in [1.165, 1.54) is 0 Å². The minimum atomic E-state index is -0.341. The molecular formula is C9H11BrN2O2. The Balaban J connectivity index is 3.35. The minimum absolute atomic E-state index is 0.175. The van der Waals surface area contributed by atoms with Crippen molar-refractivity contribution in [3.63, 3.8) is 0 Å². The number of anilines is 1. The van der Waals surface area contributed by atoms with Gasteiger partial charge in [0.1, 0.15) is 5.69 Å². The Labute approximate surface area is 90.8 Å². The third-order valence-corrected chi connectivity index (χ3v) is 2.51. The first-order valence-corrected chi connectivity index (χ1v) is 5.19. The highest BCUT2D eigenvalue weighted by Gasteiger charge is 2.19. The molecule has 14 heavy (non-hydrogen) atoms. The summed E-state index contributed by atoms with van der Waals surface area (Å²) < 4.78 is 0. The van der Waals surface area contributed by atoms with Crippen LogP contribution in [0.25, 0.3) is 0 Å². The van der Waals surface area contributed by atoms with Gasteiger partial charge in [-0.25, -0.2) is 0 Å².